The molecule has 0 amide bonds. The summed E-state index contributed by atoms with van der Waals surface area (Å²) in [4.78, 5) is 8.34. The molecule has 3 aromatic rings. The third kappa shape index (κ3) is 3.94. The lowest BCUT2D eigenvalue weighted by Gasteiger charge is -2.31. The lowest BCUT2D eigenvalue weighted by atomic mass is 9.77. The average molecular weight is 414 g/mol. The third-order valence-corrected chi connectivity index (χ3v) is 6.73. The molecular weight excluding hydrogens is 389 g/mol. The Morgan fingerprint density at radius 1 is 1.38 bits per heavy atom. The van der Waals surface area contributed by atoms with Gasteiger partial charge in [-0.15, -0.1) is 10.2 Å². The van der Waals surface area contributed by atoms with Crippen LogP contribution in [0.1, 0.15) is 51.0 Å². The Balaban J connectivity index is 1.61. The second kappa shape index (κ2) is 8.02. The molecule has 1 fully saturated rings. The van der Waals surface area contributed by atoms with Crippen LogP contribution in [0, 0.1) is 5.41 Å². The minimum Gasteiger partial charge on any atom is -0.507 e. The van der Waals surface area contributed by atoms with Gasteiger partial charge in [0, 0.05) is 30.1 Å². The molecule has 1 N–H and O–H groups in total. The van der Waals surface area contributed by atoms with E-state index in [0.29, 0.717) is 21.4 Å². The standard InChI is InChI=1S/C21H24FN5OS/c1-3-21(2)7-5-4-6-14(19(21)22)10-18-25-26-20(29-18)15-12-24-17(11-16(15)28)27-9-8-23-13-27/h8-13,19H,3-7H2,1-2H3,(H,24,28)/b14-10+/t19-,21-/m0/s1. The van der Waals surface area contributed by atoms with Crippen molar-refractivity contribution in [1.82, 2.24) is 24.7 Å². The summed E-state index contributed by atoms with van der Waals surface area (Å²) in [5.41, 5.74) is 0.987. The first-order chi connectivity index (χ1) is 14.0. The Bertz CT molecular complexity index is 1020. The number of pyridine rings is 1. The van der Waals surface area contributed by atoms with Crippen LogP contribution in [0.25, 0.3) is 22.5 Å². The van der Waals surface area contributed by atoms with Crippen LogP contribution >= 0.6 is 11.3 Å². The Morgan fingerprint density at radius 2 is 2.24 bits per heavy atom. The van der Waals surface area contributed by atoms with Crippen LogP contribution < -0.4 is 0 Å². The third-order valence-electron chi connectivity index (χ3n) is 5.82. The molecule has 8 heteroatoms. The van der Waals surface area contributed by atoms with Crippen molar-refractivity contribution < 1.29 is 9.50 Å². The SMILES string of the molecule is CC[C@@]1(C)CCCC/C(=C\c2nnc(-c3cnc(-n4ccnc4)cc3O)s2)[C@@H]1F. The monoisotopic (exact) mass is 413 g/mol. The highest BCUT2D eigenvalue weighted by Gasteiger charge is 2.36. The molecule has 0 unspecified atom stereocenters. The molecule has 0 aliphatic heterocycles. The maximum Gasteiger partial charge on any atom is 0.153 e. The molecule has 152 valence electrons. The zero-order valence-electron chi connectivity index (χ0n) is 16.5. The number of imidazole rings is 1. The van der Waals surface area contributed by atoms with Crippen molar-refractivity contribution in [2.24, 2.45) is 5.41 Å². The Labute approximate surface area is 173 Å². The highest BCUT2D eigenvalue weighted by Crippen LogP contribution is 2.43. The lowest BCUT2D eigenvalue weighted by Crippen LogP contribution is -2.28. The van der Waals surface area contributed by atoms with E-state index in [1.165, 1.54) is 11.3 Å². The van der Waals surface area contributed by atoms with Gasteiger partial charge in [0.2, 0.25) is 0 Å². The summed E-state index contributed by atoms with van der Waals surface area (Å²) in [6.45, 7) is 4.09. The van der Waals surface area contributed by atoms with Gasteiger partial charge < -0.3 is 5.11 Å². The van der Waals surface area contributed by atoms with Crippen LogP contribution in [-0.4, -0.2) is 36.0 Å². The zero-order chi connectivity index (χ0) is 20.4. The smallest absolute Gasteiger partial charge is 0.153 e. The molecular formula is C21H24FN5OS. The van der Waals surface area contributed by atoms with Crippen molar-refractivity contribution in [2.75, 3.05) is 0 Å². The van der Waals surface area contributed by atoms with Gasteiger partial charge in [0.15, 0.2) is 5.01 Å². The van der Waals surface area contributed by atoms with Crippen LogP contribution in [0.15, 0.2) is 36.6 Å². The summed E-state index contributed by atoms with van der Waals surface area (Å²) in [5, 5.41) is 20.1. The molecule has 4 rings (SSSR count). The largest absolute Gasteiger partial charge is 0.507 e. The van der Waals surface area contributed by atoms with Gasteiger partial charge >= 0.3 is 0 Å². The molecule has 1 aliphatic carbocycles. The highest BCUT2D eigenvalue weighted by molar-refractivity contribution is 7.15. The van der Waals surface area contributed by atoms with E-state index < -0.39 is 6.17 Å². The van der Waals surface area contributed by atoms with Gasteiger partial charge in [-0.2, -0.15) is 0 Å². The lowest BCUT2D eigenvalue weighted by molar-refractivity contribution is 0.141. The molecule has 1 aliphatic rings. The number of halogens is 1. The Kier molecular flexibility index (Phi) is 5.45. The van der Waals surface area contributed by atoms with Crippen molar-refractivity contribution in [3.8, 4) is 22.1 Å². The van der Waals surface area contributed by atoms with E-state index in [1.54, 1.807) is 35.6 Å². The molecule has 6 nitrogen and oxygen atoms in total. The Morgan fingerprint density at radius 3 is 2.97 bits per heavy atom. The molecule has 0 bridgehead atoms. The summed E-state index contributed by atoms with van der Waals surface area (Å²) in [7, 11) is 0. The maximum atomic E-state index is 15.2. The molecule has 0 spiro atoms. The molecule has 29 heavy (non-hydrogen) atoms. The first-order valence-corrected chi connectivity index (χ1v) is 10.7. The molecule has 0 aromatic carbocycles. The number of alkyl halides is 1. The van der Waals surface area contributed by atoms with Crippen molar-refractivity contribution >= 4 is 17.4 Å². The van der Waals surface area contributed by atoms with Gasteiger partial charge in [0.05, 0.1) is 5.56 Å². The van der Waals surface area contributed by atoms with Crippen LogP contribution in [0.2, 0.25) is 0 Å². The van der Waals surface area contributed by atoms with Crippen molar-refractivity contribution in [3.63, 3.8) is 0 Å². The number of allylic oxidation sites excluding steroid dienone is 1. The van der Waals surface area contributed by atoms with Crippen LogP contribution in [0.5, 0.6) is 5.75 Å². The summed E-state index contributed by atoms with van der Waals surface area (Å²) in [5.74, 6) is 0.628. The molecule has 1 saturated carbocycles. The van der Waals surface area contributed by atoms with Gasteiger partial charge in [-0.25, -0.2) is 14.4 Å². The van der Waals surface area contributed by atoms with Gasteiger partial charge in [0.1, 0.15) is 29.1 Å². The van der Waals surface area contributed by atoms with Gasteiger partial charge in [0.25, 0.3) is 0 Å². The van der Waals surface area contributed by atoms with E-state index in [2.05, 4.69) is 27.1 Å². The first-order valence-electron chi connectivity index (χ1n) is 9.86. The number of rotatable bonds is 4. The minimum atomic E-state index is -0.966. The van der Waals surface area contributed by atoms with Gasteiger partial charge in [-0.05, 0) is 37.3 Å². The maximum absolute atomic E-state index is 15.2. The number of aromatic nitrogens is 5. The van der Waals surface area contributed by atoms with Gasteiger partial charge in [-0.1, -0.05) is 31.6 Å². The zero-order valence-corrected chi connectivity index (χ0v) is 17.4. The van der Waals surface area contributed by atoms with Crippen LogP contribution in [0.3, 0.4) is 0 Å². The topological polar surface area (TPSA) is 76.7 Å². The summed E-state index contributed by atoms with van der Waals surface area (Å²) >= 11 is 1.33. The fourth-order valence-corrected chi connectivity index (χ4v) is 4.59. The molecule has 3 heterocycles. The van der Waals surface area contributed by atoms with E-state index in [-0.39, 0.29) is 11.2 Å². The van der Waals surface area contributed by atoms with E-state index in [4.69, 9.17) is 0 Å². The van der Waals surface area contributed by atoms with E-state index in [1.807, 2.05) is 13.0 Å². The van der Waals surface area contributed by atoms with Crippen molar-refractivity contribution in [1.29, 1.82) is 0 Å². The molecule has 3 aromatic heterocycles. The fourth-order valence-electron chi connectivity index (χ4n) is 3.76. The molecule has 0 saturated heterocycles. The normalized spacial score (nSPS) is 24.0. The average Bonchev–Trinajstić information content (AvgIpc) is 3.39. The molecule has 0 radical (unpaired) electrons. The van der Waals surface area contributed by atoms with E-state index >= 15 is 4.39 Å². The Hall–Kier alpha value is -2.61. The number of hydrogen-bond donors (Lipinski definition) is 1. The number of nitrogens with zero attached hydrogens (tertiary/aromatic N) is 5. The summed E-state index contributed by atoms with van der Waals surface area (Å²) in [6, 6.07) is 1.56. The van der Waals surface area contributed by atoms with Crippen molar-refractivity contribution in [2.45, 2.75) is 52.1 Å². The van der Waals surface area contributed by atoms with Gasteiger partial charge in [-0.3, -0.25) is 4.57 Å². The van der Waals surface area contributed by atoms with Crippen LogP contribution in [0.4, 0.5) is 4.39 Å². The minimum absolute atomic E-state index is 0.0652. The first kappa shape index (κ1) is 19.7. The summed E-state index contributed by atoms with van der Waals surface area (Å²) in [6.07, 6.45) is 12.0. The quantitative estimate of drug-likeness (QED) is 0.595. The van der Waals surface area contributed by atoms with Crippen molar-refractivity contribution in [3.05, 3.63) is 41.6 Å². The van der Waals surface area contributed by atoms with E-state index in [9.17, 15) is 5.11 Å². The van der Waals surface area contributed by atoms with E-state index in [0.717, 1.165) is 37.7 Å². The predicted octanol–water partition coefficient (Wildman–Crippen LogP) is 5.20. The second-order valence-corrected chi connectivity index (χ2v) is 8.78. The number of aromatic hydroxyl groups is 1. The fraction of sp³-hybridized carbons (Fsp3) is 0.429. The molecule has 2 atom stereocenters. The number of hydrogen-bond acceptors (Lipinski definition) is 6. The summed E-state index contributed by atoms with van der Waals surface area (Å²) < 4.78 is 17.0. The predicted molar refractivity (Wildman–Crippen MR) is 112 cm³/mol. The second-order valence-electron chi connectivity index (χ2n) is 7.77. The van der Waals surface area contributed by atoms with Crippen LogP contribution in [-0.2, 0) is 0 Å². The highest BCUT2D eigenvalue weighted by atomic mass is 32.1.